The molecule has 0 heterocycles. The van der Waals surface area contributed by atoms with Gasteiger partial charge in [-0.1, -0.05) is 31.9 Å². The van der Waals surface area contributed by atoms with Gasteiger partial charge in [0.15, 0.2) is 0 Å². The molecule has 57 valence electrons. The summed E-state index contributed by atoms with van der Waals surface area (Å²) in [5.41, 5.74) is 0. The van der Waals surface area contributed by atoms with Crippen LogP contribution in [0.1, 0.15) is 32.6 Å². The first-order chi connectivity index (χ1) is 4.80. The van der Waals surface area contributed by atoms with Crippen LogP contribution >= 0.6 is 0 Å². The van der Waals surface area contributed by atoms with Crippen LogP contribution in [0.25, 0.3) is 0 Å². The first-order valence-electron chi connectivity index (χ1n) is 4.30. The summed E-state index contributed by atoms with van der Waals surface area (Å²) in [5, 5.41) is 0. The maximum atomic E-state index is 4.09. The number of hydrogen-bond acceptors (Lipinski definition) is 0. The quantitative estimate of drug-likeness (QED) is 0.450. The standard InChI is InChI=1S/C10H17/c1-9-7-5-3-4-6-8-10(9)2/h5,7,9-10H,1,3-4,6,8H2,2H3/b7-5-. The van der Waals surface area contributed by atoms with Crippen molar-refractivity contribution in [3.63, 3.8) is 0 Å². The van der Waals surface area contributed by atoms with Crippen LogP contribution in [-0.2, 0) is 0 Å². The zero-order valence-electron chi connectivity index (χ0n) is 6.84. The molecule has 1 aliphatic carbocycles. The third kappa shape index (κ3) is 2.17. The van der Waals surface area contributed by atoms with E-state index in [0.29, 0.717) is 5.92 Å². The molecule has 1 rings (SSSR count). The minimum absolute atomic E-state index is 0.556. The van der Waals surface area contributed by atoms with Crippen molar-refractivity contribution in [1.29, 1.82) is 0 Å². The number of rotatable bonds is 0. The maximum Gasteiger partial charge on any atom is -0.0208 e. The average molecular weight is 137 g/mol. The molecule has 2 unspecified atom stereocenters. The van der Waals surface area contributed by atoms with Crippen molar-refractivity contribution in [3.05, 3.63) is 19.1 Å². The zero-order chi connectivity index (χ0) is 7.40. The minimum Gasteiger partial charge on any atom is -0.0882 e. The molecule has 0 nitrogen and oxygen atoms in total. The van der Waals surface area contributed by atoms with Gasteiger partial charge >= 0.3 is 0 Å². The Bertz CT molecular complexity index is 113. The smallest absolute Gasteiger partial charge is 0.0208 e. The first-order valence-corrected chi connectivity index (χ1v) is 4.30. The van der Waals surface area contributed by atoms with E-state index in [1.807, 2.05) is 0 Å². The van der Waals surface area contributed by atoms with Crippen LogP contribution in [0.2, 0.25) is 0 Å². The average Bonchev–Trinajstić information content (AvgIpc) is 1.92. The van der Waals surface area contributed by atoms with E-state index in [2.05, 4.69) is 26.0 Å². The van der Waals surface area contributed by atoms with Gasteiger partial charge in [0.1, 0.15) is 0 Å². The molecular weight excluding hydrogens is 120 g/mol. The molecule has 0 N–H and O–H groups in total. The van der Waals surface area contributed by atoms with Crippen molar-refractivity contribution in [3.8, 4) is 0 Å². The Hall–Kier alpha value is -0.260. The van der Waals surface area contributed by atoms with E-state index < -0.39 is 0 Å². The van der Waals surface area contributed by atoms with Crippen LogP contribution in [0.4, 0.5) is 0 Å². The predicted molar refractivity (Wildman–Crippen MR) is 45.6 cm³/mol. The minimum atomic E-state index is 0.556. The van der Waals surface area contributed by atoms with Crippen LogP contribution in [-0.4, -0.2) is 0 Å². The molecule has 0 aromatic heterocycles. The fraction of sp³-hybridized carbons (Fsp3) is 0.700. The summed E-state index contributed by atoms with van der Waals surface area (Å²) in [6, 6.07) is 0. The van der Waals surface area contributed by atoms with Crippen molar-refractivity contribution in [2.45, 2.75) is 32.6 Å². The van der Waals surface area contributed by atoms with Gasteiger partial charge in [0.25, 0.3) is 0 Å². The molecule has 0 fully saturated rings. The molecule has 0 spiro atoms. The third-order valence-electron chi connectivity index (χ3n) is 2.39. The molecule has 0 heteroatoms. The van der Waals surface area contributed by atoms with E-state index in [0.717, 1.165) is 5.92 Å². The lowest BCUT2D eigenvalue weighted by Gasteiger charge is -2.17. The molecule has 10 heavy (non-hydrogen) atoms. The summed E-state index contributed by atoms with van der Waals surface area (Å²) in [4.78, 5) is 0. The van der Waals surface area contributed by atoms with Crippen molar-refractivity contribution in [1.82, 2.24) is 0 Å². The molecule has 0 aliphatic heterocycles. The highest BCUT2D eigenvalue weighted by Crippen LogP contribution is 2.21. The summed E-state index contributed by atoms with van der Waals surface area (Å²) in [5.74, 6) is 1.34. The van der Waals surface area contributed by atoms with E-state index in [1.54, 1.807) is 0 Å². The molecular formula is C10H17. The lowest BCUT2D eigenvalue weighted by Crippen LogP contribution is -2.06. The molecule has 0 saturated heterocycles. The van der Waals surface area contributed by atoms with Crippen molar-refractivity contribution in [2.75, 3.05) is 0 Å². The Morgan fingerprint density at radius 2 is 2.20 bits per heavy atom. The lowest BCUT2D eigenvalue weighted by molar-refractivity contribution is 0.428. The largest absolute Gasteiger partial charge is 0.0882 e. The predicted octanol–water partition coefficient (Wildman–Crippen LogP) is 3.20. The van der Waals surface area contributed by atoms with Gasteiger partial charge in [0, 0.05) is 0 Å². The van der Waals surface area contributed by atoms with Crippen LogP contribution < -0.4 is 0 Å². The van der Waals surface area contributed by atoms with E-state index in [9.17, 15) is 0 Å². The second-order valence-corrected chi connectivity index (χ2v) is 3.35. The molecule has 0 amide bonds. The number of hydrogen-bond donors (Lipinski definition) is 0. The monoisotopic (exact) mass is 137 g/mol. The van der Waals surface area contributed by atoms with Gasteiger partial charge in [-0.2, -0.15) is 0 Å². The van der Waals surface area contributed by atoms with Crippen molar-refractivity contribution >= 4 is 0 Å². The summed E-state index contributed by atoms with van der Waals surface area (Å²) < 4.78 is 0. The fourth-order valence-electron chi connectivity index (χ4n) is 1.40. The number of allylic oxidation sites excluding steroid dienone is 2. The van der Waals surface area contributed by atoms with E-state index in [-0.39, 0.29) is 0 Å². The first kappa shape index (κ1) is 7.84. The highest BCUT2D eigenvalue weighted by Gasteiger charge is 2.09. The van der Waals surface area contributed by atoms with Crippen molar-refractivity contribution in [2.24, 2.45) is 11.8 Å². The molecule has 0 saturated carbocycles. The molecule has 1 radical (unpaired) electrons. The SMILES string of the molecule is [CH2]C1/C=C\CCCCC1C. The Morgan fingerprint density at radius 3 is 3.00 bits per heavy atom. The van der Waals surface area contributed by atoms with Gasteiger partial charge in [-0.15, -0.1) is 0 Å². The van der Waals surface area contributed by atoms with Gasteiger partial charge < -0.3 is 0 Å². The van der Waals surface area contributed by atoms with Crippen LogP contribution in [0.5, 0.6) is 0 Å². The second-order valence-electron chi connectivity index (χ2n) is 3.35. The highest BCUT2D eigenvalue weighted by atomic mass is 14.1. The van der Waals surface area contributed by atoms with Crippen LogP contribution in [0, 0.1) is 18.8 Å². The highest BCUT2D eigenvalue weighted by molar-refractivity contribution is 4.93. The summed E-state index contributed by atoms with van der Waals surface area (Å²) >= 11 is 0. The fourth-order valence-corrected chi connectivity index (χ4v) is 1.40. The van der Waals surface area contributed by atoms with Gasteiger partial charge in [0.2, 0.25) is 0 Å². The summed E-state index contributed by atoms with van der Waals surface area (Å²) in [6.07, 6.45) is 9.93. The topological polar surface area (TPSA) is 0 Å². The van der Waals surface area contributed by atoms with E-state index in [1.165, 1.54) is 25.7 Å². The van der Waals surface area contributed by atoms with Crippen LogP contribution in [0.15, 0.2) is 12.2 Å². The van der Waals surface area contributed by atoms with E-state index in [4.69, 9.17) is 0 Å². The summed E-state index contributed by atoms with van der Waals surface area (Å²) in [6.45, 7) is 6.39. The van der Waals surface area contributed by atoms with E-state index >= 15 is 0 Å². The molecule has 0 bridgehead atoms. The summed E-state index contributed by atoms with van der Waals surface area (Å²) in [7, 11) is 0. The second kappa shape index (κ2) is 3.80. The molecule has 0 aromatic carbocycles. The normalized spacial score (nSPS) is 38.2. The Kier molecular flexibility index (Phi) is 2.98. The Balaban J connectivity index is 2.44. The lowest BCUT2D eigenvalue weighted by atomic mass is 9.88. The molecule has 0 aromatic rings. The van der Waals surface area contributed by atoms with Gasteiger partial charge in [-0.05, 0) is 31.6 Å². The Labute approximate surface area is 64.3 Å². The van der Waals surface area contributed by atoms with Crippen molar-refractivity contribution < 1.29 is 0 Å². The maximum absolute atomic E-state index is 4.09. The Morgan fingerprint density at radius 1 is 1.40 bits per heavy atom. The van der Waals surface area contributed by atoms with Gasteiger partial charge in [-0.3, -0.25) is 0 Å². The van der Waals surface area contributed by atoms with Gasteiger partial charge in [-0.25, -0.2) is 0 Å². The van der Waals surface area contributed by atoms with Crippen LogP contribution in [0.3, 0.4) is 0 Å². The third-order valence-corrected chi connectivity index (χ3v) is 2.39. The molecule has 2 atom stereocenters. The molecule has 1 aliphatic rings. The zero-order valence-corrected chi connectivity index (χ0v) is 6.84. The van der Waals surface area contributed by atoms with Gasteiger partial charge in [0.05, 0.1) is 0 Å².